The van der Waals surface area contributed by atoms with E-state index in [1.54, 1.807) is 30.5 Å². The number of aromatic amines is 1. The van der Waals surface area contributed by atoms with Crippen molar-refractivity contribution >= 4 is 29.0 Å². The predicted octanol–water partition coefficient (Wildman–Crippen LogP) is 3.43. The number of rotatable bonds is 4. The largest absolute Gasteiger partial charge is 0.269 e. The highest BCUT2D eigenvalue weighted by atomic mass is 35.5. The first-order chi connectivity index (χ1) is 12.2. The van der Waals surface area contributed by atoms with Gasteiger partial charge >= 0.3 is 0 Å². The minimum Gasteiger partial charge on any atom is -0.269 e. The van der Waals surface area contributed by atoms with Crippen molar-refractivity contribution in [3.05, 3.63) is 75.8 Å². The number of nitrogens with zero attached hydrogens (tertiary/aromatic N) is 4. The molecule has 0 spiro atoms. The van der Waals surface area contributed by atoms with E-state index in [9.17, 15) is 4.79 Å². The van der Waals surface area contributed by atoms with E-state index in [1.807, 2.05) is 18.2 Å². The van der Waals surface area contributed by atoms with Crippen LogP contribution in [0.1, 0.15) is 5.69 Å². The third-order valence-corrected chi connectivity index (χ3v) is 4.69. The van der Waals surface area contributed by atoms with Crippen LogP contribution in [0.15, 0.2) is 64.7 Å². The molecule has 0 fully saturated rings. The third-order valence-electron chi connectivity index (χ3n) is 3.56. The molecule has 1 aromatic carbocycles. The lowest BCUT2D eigenvalue weighted by Crippen LogP contribution is -2.14. The van der Waals surface area contributed by atoms with E-state index in [0.717, 1.165) is 5.56 Å². The maximum absolute atomic E-state index is 12.1. The fourth-order valence-electron chi connectivity index (χ4n) is 2.36. The molecule has 0 aliphatic carbocycles. The fraction of sp³-hybridized carbons (Fsp3) is 0.0588. The topological polar surface area (TPSA) is 75.9 Å². The molecule has 0 aliphatic rings. The van der Waals surface area contributed by atoms with Crippen molar-refractivity contribution in [1.29, 1.82) is 0 Å². The van der Waals surface area contributed by atoms with Crippen molar-refractivity contribution in [2.45, 2.75) is 10.9 Å². The SMILES string of the molecule is O=c1cc(CSc2n[nH]c(-c3ccc(Cl)cc3)n2)nc2ccccn12. The molecule has 124 valence electrons. The Hall–Kier alpha value is -2.64. The van der Waals surface area contributed by atoms with Gasteiger partial charge < -0.3 is 0 Å². The summed E-state index contributed by atoms with van der Waals surface area (Å²) in [5.41, 5.74) is 2.13. The number of hydrogen-bond acceptors (Lipinski definition) is 5. The zero-order valence-electron chi connectivity index (χ0n) is 12.9. The summed E-state index contributed by atoms with van der Waals surface area (Å²) < 4.78 is 1.51. The van der Waals surface area contributed by atoms with Gasteiger partial charge in [0.15, 0.2) is 5.82 Å². The van der Waals surface area contributed by atoms with Gasteiger partial charge in [0.25, 0.3) is 5.56 Å². The van der Waals surface area contributed by atoms with E-state index < -0.39 is 0 Å². The number of H-pyrrole nitrogens is 1. The first-order valence-corrected chi connectivity index (χ1v) is 8.84. The lowest BCUT2D eigenvalue weighted by molar-refractivity contribution is 0.968. The van der Waals surface area contributed by atoms with Crippen LogP contribution >= 0.6 is 23.4 Å². The second-order valence-corrected chi connectivity index (χ2v) is 6.66. The molecule has 0 unspecified atom stereocenters. The zero-order chi connectivity index (χ0) is 17.2. The van der Waals surface area contributed by atoms with E-state index in [2.05, 4.69) is 20.2 Å². The van der Waals surface area contributed by atoms with Gasteiger partial charge in [0.05, 0.1) is 5.69 Å². The lowest BCUT2D eigenvalue weighted by Gasteiger charge is -2.02. The molecule has 6 nitrogen and oxygen atoms in total. The molecule has 25 heavy (non-hydrogen) atoms. The monoisotopic (exact) mass is 369 g/mol. The van der Waals surface area contributed by atoms with E-state index in [0.29, 0.717) is 33.1 Å². The van der Waals surface area contributed by atoms with Crippen LogP contribution in [0.2, 0.25) is 5.02 Å². The first-order valence-electron chi connectivity index (χ1n) is 7.47. The highest BCUT2D eigenvalue weighted by Crippen LogP contribution is 2.22. The van der Waals surface area contributed by atoms with Crippen LogP contribution in [0, 0.1) is 0 Å². The minimum atomic E-state index is -0.0990. The Balaban J connectivity index is 1.52. The summed E-state index contributed by atoms with van der Waals surface area (Å²) in [6, 6.07) is 14.4. The number of aromatic nitrogens is 5. The van der Waals surface area contributed by atoms with Crippen LogP contribution in [0.25, 0.3) is 17.0 Å². The third kappa shape index (κ3) is 3.42. The van der Waals surface area contributed by atoms with Crippen molar-refractivity contribution < 1.29 is 0 Å². The zero-order valence-corrected chi connectivity index (χ0v) is 14.5. The molecule has 0 radical (unpaired) electrons. The molecular formula is C17H12ClN5OS. The van der Waals surface area contributed by atoms with Gasteiger partial charge in [-0.15, -0.1) is 5.10 Å². The number of nitrogens with one attached hydrogen (secondary N) is 1. The van der Waals surface area contributed by atoms with Gasteiger partial charge in [-0.1, -0.05) is 29.4 Å². The fourth-order valence-corrected chi connectivity index (χ4v) is 3.18. The van der Waals surface area contributed by atoms with E-state index in [-0.39, 0.29) is 5.56 Å². The number of fused-ring (bicyclic) bond motifs is 1. The van der Waals surface area contributed by atoms with Crippen molar-refractivity contribution in [3.63, 3.8) is 0 Å². The minimum absolute atomic E-state index is 0.0990. The van der Waals surface area contributed by atoms with Crippen LogP contribution in [-0.4, -0.2) is 24.6 Å². The lowest BCUT2D eigenvalue weighted by atomic mass is 10.2. The molecule has 1 N–H and O–H groups in total. The summed E-state index contributed by atoms with van der Waals surface area (Å²) in [4.78, 5) is 21.0. The van der Waals surface area contributed by atoms with Gasteiger partial charge in [-0.2, -0.15) is 0 Å². The van der Waals surface area contributed by atoms with E-state index in [1.165, 1.54) is 22.2 Å². The van der Waals surface area contributed by atoms with Gasteiger partial charge in [0, 0.05) is 28.6 Å². The second-order valence-electron chi connectivity index (χ2n) is 5.28. The summed E-state index contributed by atoms with van der Waals surface area (Å²) in [6.07, 6.45) is 1.70. The molecule has 8 heteroatoms. The average Bonchev–Trinajstić information content (AvgIpc) is 3.10. The Morgan fingerprint density at radius 3 is 2.80 bits per heavy atom. The molecule has 4 aromatic rings. The molecular weight excluding hydrogens is 358 g/mol. The predicted molar refractivity (Wildman–Crippen MR) is 97.9 cm³/mol. The Morgan fingerprint density at radius 1 is 1.12 bits per heavy atom. The Morgan fingerprint density at radius 2 is 1.96 bits per heavy atom. The van der Waals surface area contributed by atoms with Crippen LogP contribution in [0.4, 0.5) is 0 Å². The maximum atomic E-state index is 12.1. The molecule has 3 heterocycles. The van der Waals surface area contributed by atoms with Crippen molar-refractivity contribution in [2.24, 2.45) is 0 Å². The first kappa shape index (κ1) is 15.9. The molecule has 0 aliphatic heterocycles. The molecule has 4 rings (SSSR count). The standard InChI is InChI=1S/C17H12ClN5OS/c18-12-6-4-11(5-7-12)16-20-17(22-21-16)25-10-13-9-15(24)23-8-2-1-3-14(23)19-13/h1-9H,10H2,(H,20,21,22). The number of benzene rings is 1. The van der Waals surface area contributed by atoms with Crippen molar-refractivity contribution in [2.75, 3.05) is 0 Å². The normalized spacial score (nSPS) is 11.1. The molecule has 3 aromatic heterocycles. The molecule has 0 amide bonds. The van der Waals surface area contributed by atoms with Crippen LogP contribution in [-0.2, 0) is 5.75 Å². The maximum Gasteiger partial charge on any atom is 0.258 e. The summed E-state index contributed by atoms with van der Waals surface area (Å²) in [5.74, 6) is 1.18. The average molecular weight is 370 g/mol. The van der Waals surface area contributed by atoms with Crippen LogP contribution < -0.4 is 5.56 Å². The van der Waals surface area contributed by atoms with Gasteiger partial charge in [-0.3, -0.25) is 14.3 Å². The highest BCUT2D eigenvalue weighted by molar-refractivity contribution is 7.98. The summed E-state index contributed by atoms with van der Waals surface area (Å²) >= 11 is 7.31. The molecule has 0 saturated carbocycles. The number of pyridine rings is 1. The van der Waals surface area contributed by atoms with Crippen molar-refractivity contribution in [1.82, 2.24) is 24.6 Å². The van der Waals surface area contributed by atoms with Crippen molar-refractivity contribution in [3.8, 4) is 11.4 Å². The number of thioether (sulfide) groups is 1. The smallest absolute Gasteiger partial charge is 0.258 e. The Bertz CT molecular complexity index is 1090. The van der Waals surface area contributed by atoms with Crippen LogP contribution in [0.5, 0.6) is 0 Å². The molecule has 0 saturated heterocycles. The summed E-state index contributed by atoms with van der Waals surface area (Å²) in [6.45, 7) is 0. The second kappa shape index (κ2) is 6.70. The van der Waals surface area contributed by atoms with Gasteiger partial charge in [-0.25, -0.2) is 9.97 Å². The Kier molecular flexibility index (Phi) is 4.25. The summed E-state index contributed by atoms with van der Waals surface area (Å²) in [7, 11) is 0. The van der Waals surface area contributed by atoms with Gasteiger partial charge in [0.1, 0.15) is 5.65 Å². The van der Waals surface area contributed by atoms with E-state index >= 15 is 0 Å². The quantitative estimate of drug-likeness (QED) is 0.558. The molecule has 0 atom stereocenters. The van der Waals surface area contributed by atoms with Gasteiger partial charge in [-0.05, 0) is 36.4 Å². The Labute approximate surface area is 151 Å². The number of hydrogen-bond donors (Lipinski definition) is 1. The van der Waals surface area contributed by atoms with Crippen LogP contribution in [0.3, 0.4) is 0 Å². The van der Waals surface area contributed by atoms with Gasteiger partial charge in [0.2, 0.25) is 5.16 Å². The van der Waals surface area contributed by atoms with E-state index in [4.69, 9.17) is 11.6 Å². The number of halogens is 1. The molecule has 0 bridgehead atoms. The summed E-state index contributed by atoms with van der Waals surface area (Å²) in [5, 5.41) is 8.38. The highest BCUT2D eigenvalue weighted by Gasteiger charge is 2.08.